The van der Waals surface area contributed by atoms with Crippen LogP contribution in [-0.4, -0.2) is 54.2 Å². The van der Waals surface area contributed by atoms with Crippen LogP contribution in [0, 0.1) is 6.92 Å². The molecule has 1 aromatic carbocycles. The Labute approximate surface area is 164 Å². The van der Waals surface area contributed by atoms with E-state index >= 15 is 0 Å². The van der Waals surface area contributed by atoms with Crippen LogP contribution < -0.4 is 10.2 Å². The van der Waals surface area contributed by atoms with Crippen LogP contribution in [0.3, 0.4) is 0 Å². The lowest BCUT2D eigenvalue weighted by molar-refractivity contribution is 0.102. The zero-order valence-corrected chi connectivity index (χ0v) is 16.1. The first kappa shape index (κ1) is 18.2. The monoisotopic (exact) mass is 377 g/mol. The number of aryl methyl sites for hydroxylation is 1. The molecular weight excluding hydrogens is 354 g/mol. The molecule has 3 aromatic rings. The molecule has 28 heavy (non-hydrogen) atoms. The van der Waals surface area contributed by atoms with Crippen molar-refractivity contribution in [1.29, 1.82) is 0 Å². The summed E-state index contributed by atoms with van der Waals surface area (Å²) in [6.07, 6.45) is 1.69. The molecule has 1 amide bonds. The van der Waals surface area contributed by atoms with Crippen molar-refractivity contribution in [1.82, 2.24) is 15.0 Å². The van der Waals surface area contributed by atoms with E-state index < -0.39 is 0 Å². The van der Waals surface area contributed by atoms with Crippen LogP contribution in [0.5, 0.6) is 0 Å². The summed E-state index contributed by atoms with van der Waals surface area (Å²) in [6.45, 7) is 5.69. The van der Waals surface area contributed by atoms with Gasteiger partial charge in [-0.3, -0.25) is 4.79 Å². The minimum atomic E-state index is -0.258. The molecule has 0 aliphatic carbocycles. The molecule has 1 N–H and O–H groups in total. The second kappa shape index (κ2) is 7.82. The number of pyridine rings is 1. The van der Waals surface area contributed by atoms with Crippen LogP contribution in [-0.2, 0) is 0 Å². The summed E-state index contributed by atoms with van der Waals surface area (Å²) in [5.74, 6) is 1.15. The first-order valence-corrected chi connectivity index (χ1v) is 9.34. The number of hydrogen-bond donors (Lipinski definition) is 1. The number of anilines is 2. The largest absolute Gasteiger partial charge is 0.360 e. The van der Waals surface area contributed by atoms with E-state index in [2.05, 4.69) is 32.3 Å². The SMILES string of the molecule is Cc1onc(-c2ccccc2)c1C(=O)Nc1ccc(N2CCN(C)CC2)nc1. The van der Waals surface area contributed by atoms with E-state index in [9.17, 15) is 4.79 Å². The maximum Gasteiger partial charge on any atom is 0.261 e. The fraction of sp³-hybridized carbons (Fsp3) is 0.286. The number of carbonyl (C=O) groups excluding carboxylic acids is 1. The van der Waals surface area contributed by atoms with Gasteiger partial charge in [0, 0.05) is 31.7 Å². The predicted octanol–water partition coefficient (Wildman–Crippen LogP) is 3.05. The Morgan fingerprint density at radius 3 is 2.50 bits per heavy atom. The van der Waals surface area contributed by atoms with Gasteiger partial charge in [-0.2, -0.15) is 0 Å². The van der Waals surface area contributed by atoms with Crippen LogP contribution in [0.1, 0.15) is 16.1 Å². The Bertz CT molecular complexity index is 945. The average molecular weight is 377 g/mol. The molecular formula is C21H23N5O2. The number of nitrogens with one attached hydrogen (secondary N) is 1. The molecule has 1 saturated heterocycles. The van der Waals surface area contributed by atoms with Gasteiger partial charge in [0.25, 0.3) is 5.91 Å². The standard InChI is InChI=1S/C21H23N5O2/c1-15-19(20(24-28-15)16-6-4-3-5-7-16)21(27)23-17-8-9-18(22-14-17)26-12-10-25(2)11-13-26/h3-9,14H,10-13H2,1-2H3,(H,23,27). The molecule has 1 aliphatic heterocycles. The Morgan fingerprint density at radius 2 is 1.82 bits per heavy atom. The predicted molar refractivity (Wildman–Crippen MR) is 109 cm³/mol. The smallest absolute Gasteiger partial charge is 0.261 e. The summed E-state index contributed by atoms with van der Waals surface area (Å²) in [5, 5.41) is 6.97. The molecule has 7 nitrogen and oxygen atoms in total. The van der Waals surface area contributed by atoms with E-state index in [4.69, 9.17) is 4.52 Å². The molecule has 1 aliphatic rings. The molecule has 2 aromatic heterocycles. The van der Waals surface area contributed by atoms with Crippen molar-refractivity contribution in [3.63, 3.8) is 0 Å². The lowest BCUT2D eigenvalue weighted by Crippen LogP contribution is -2.44. The van der Waals surface area contributed by atoms with Crippen molar-refractivity contribution < 1.29 is 9.32 Å². The fourth-order valence-corrected chi connectivity index (χ4v) is 3.31. The van der Waals surface area contributed by atoms with E-state index in [1.165, 1.54) is 0 Å². The van der Waals surface area contributed by atoms with Crippen LogP contribution in [0.25, 0.3) is 11.3 Å². The van der Waals surface area contributed by atoms with Crippen LogP contribution >= 0.6 is 0 Å². The minimum Gasteiger partial charge on any atom is -0.360 e. The van der Waals surface area contributed by atoms with E-state index in [0.29, 0.717) is 22.7 Å². The van der Waals surface area contributed by atoms with Crippen molar-refractivity contribution >= 4 is 17.4 Å². The summed E-state index contributed by atoms with van der Waals surface area (Å²) in [7, 11) is 2.12. The highest BCUT2D eigenvalue weighted by atomic mass is 16.5. The number of piperazine rings is 1. The van der Waals surface area contributed by atoms with Gasteiger partial charge in [-0.05, 0) is 26.1 Å². The van der Waals surface area contributed by atoms with E-state index in [-0.39, 0.29) is 5.91 Å². The fourth-order valence-electron chi connectivity index (χ4n) is 3.31. The first-order chi connectivity index (χ1) is 13.6. The number of aromatic nitrogens is 2. The molecule has 7 heteroatoms. The van der Waals surface area contributed by atoms with Crippen LogP contribution in [0.4, 0.5) is 11.5 Å². The highest BCUT2D eigenvalue weighted by molar-refractivity contribution is 6.08. The summed E-state index contributed by atoms with van der Waals surface area (Å²) in [5.41, 5.74) is 2.46. The molecule has 144 valence electrons. The van der Waals surface area contributed by atoms with Crippen LogP contribution in [0.2, 0.25) is 0 Å². The van der Waals surface area contributed by atoms with Gasteiger partial charge in [0.15, 0.2) is 0 Å². The minimum absolute atomic E-state index is 0.258. The topological polar surface area (TPSA) is 74.5 Å². The van der Waals surface area contributed by atoms with Crippen molar-refractivity contribution in [3.05, 3.63) is 60.0 Å². The van der Waals surface area contributed by atoms with Gasteiger partial charge in [-0.25, -0.2) is 4.98 Å². The number of likely N-dealkylation sites (N-methyl/N-ethyl adjacent to an activating group) is 1. The normalized spacial score (nSPS) is 14.9. The molecule has 1 fully saturated rings. The van der Waals surface area contributed by atoms with E-state index in [1.807, 2.05) is 42.5 Å². The maximum atomic E-state index is 12.9. The van der Waals surface area contributed by atoms with Gasteiger partial charge in [0.05, 0.1) is 11.9 Å². The van der Waals surface area contributed by atoms with Crippen molar-refractivity contribution in [2.24, 2.45) is 0 Å². The van der Waals surface area contributed by atoms with E-state index in [1.54, 1.807) is 13.1 Å². The molecule has 0 bridgehead atoms. The van der Waals surface area contributed by atoms with Crippen molar-refractivity contribution in [2.45, 2.75) is 6.92 Å². The summed E-state index contributed by atoms with van der Waals surface area (Å²) >= 11 is 0. The Balaban J connectivity index is 1.49. The van der Waals surface area contributed by atoms with Gasteiger partial charge in [-0.15, -0.1) is 0 Å². The molecule has 0 saturated carbocycles. The third-order valence-corrected chi connectivity index (χ3v) is 4.97. The number of nitrogens with zero attached hydrogens (tertiary/aromatic N) is 4. The Hall–Kier alpha value is -3.19. The lowest BCUT2D eigenvalue weighted by Gasteiger charge is -2.33. The Morgan fingerprint density at radius 1 is 1.07 bits per heavy atom. The summed E-state index contributed by atoms with van der Waals surface area (Å²) in [6, 6.07) is 13.4. The molecule has 4 rings (SSSR count). The second-order valence-corrected chi connectivity index (χ2v) is 6.98. The zero-order valence-electron chi connectivity index (χ0n) is 16.1. The quantitative estimate of drug-likeness (QED) is 0.753. The molecule has 0 atom stereocenters. The number of amides is 1. The first-order valence-electron chi connectivity index (χ1n) is 9.34. The zero-order chi connectivity index (χ0) is 19.5. The number of benzene rings is 1. The molecule has 0 radical (unpaired) electrons. The number of rotatable bonds is 4. The molecule has 0 unspecified atom stereocenters. The van der Waals surface area contributed by atoms with Gasteiger partial charge in [0.1, 0.15) is 22.8 Å². The average Bonchev–Trinajstić information content (AvgIpc) is 3.11. The maximum absolute atomic E-state index is 12.9. The second-order valence-electron chi connectivity index (χ2n) is 6.98. The van der Waals surface area contributed by atoms with Crippen molar-refractivity contribution in [3.8, 4) is 11.3 Å². The van der Waals surface area contributed by atoms with E-state index in [0.717, 1.165) is 37.6 Å². The van der Waals surface area contributed by atoms with Gasteiger partial charge in [-0.1, -0.05) is 35.5 Å². The number of hydrogen-bond acceptors (Lipinski definition) is 6. The van der Waals surface area contributed by atoms with Gasteiger partial charge in [0.2, 0.25) is 0 Å². The highest BCUT2D eigenvalue weighted by Gasteiger charge is 2.22. The van der Waals surface area contributed by atoms with Crippen molar-refractivity contribution in [2.75, 3.05) is 43.4 Å². The highest BCUT2D eigenvalue weighted by Crippen LogP contribution is 2.26. The van der Waals surface area contributed by atoms with Gasteiger partial charge >= 0.3 is 0 Å². The molecule has 3 heterocycles. The Kier molecular flexibility index (Phi) is 5.08. The summed E-state index contributed by atoms with van der Waals surface area (Å²) < 4.78 is 5.28. The molecule has 0 spiro atoms. The summed E-state index contributed by atoms with van der Waals surface area (Å²) in [4.78, 5) is 21.9. The van der Waals surface area contributed by atoms with Gasteiger partial charge < -0.3 is 19.6 Å². The number of carbonyl (C=O) groups is 1. The lowest BCUT2D eigenvalue weighted by atomic mass is 10.1. The van der Waals surface area contributed by atoms with Crippen LogP contribution in [0.15, 0.2) is 53.2 Å². The third kappa shape index (κ3) is 3.75. The third-order valence-electron chi connectivity index (χ3n) is 4.97.